The van der Waals surface area contributed by atoms with Crippen LogP contribution in [-0.2, 0) is 0 Å². The predicted octanol–water partition coefficient (Wildman–Crippen LogP) is 3.37. The largest absolute Gasteiger partial charge is 0.493 e. The molecule has 110 valence electrons. The van der Waals surface area contributed by atoms with E-state index in [-0.39, 0.29) is 17.9 Å². The van der Waals surface area contributed by atoms with Gasteiger partial charge in [-0.2, -0.15) is 0 Å². The Morgan fingerprint density at radius 3 is 2.43 bits per heavy atom. The summed E-state index contributed by atoms with van der Waals surface area (Å²) in [7, 11) is 0. The maximum absolute atomic E-state index is 13.6. The quantitative estimate of drug-likeness (QED) is 0.794. The maximum Gasteiger partial charge on any atom is 0.335 e. The second-order valence-corrected chi connectivity index (χ2v) is 4.31. The molecule has 0 spiro atoms. The zero-order valence-electron chi connectivity index (χ0n) is 11.3. The Balaban J connectivity index is 1.75. The minimum Gasteiger partial charge on any atom is -0.493 e. The third-order valence-corrected chi connectivity index (χ3v) is 2.74. The molecular formula is C16H15FO4. The molecule has 0 atom stereocenters. The molecule has 5 heteroatoms. The van der Waals surface area contributed by atoms with Crippen molar-refractivity contribution in [2.24, 2.45) is 0 Å². The number of aromatic carboxylic acids is 1. The van der Waals surface area contributed by atoms with Gasteiger partial charge in [0.15, 0.2) is 11.6 Å². The Kier molecular flexibility index (Phi) is 5.15. The van der Waals surface area contributed by atoms with E-state index in [0.717, 1.165) is 11.8 Å². The molecule has 0 heterocycles. The second-order valence-electron chi connectivity index (χ2n) is 4.31. The summed E-state index contributed by atoms with van der Waals surface area (Å²) in [4.78, 5) is 10.7. The molecule has 0 aliphatic heterocycles. The van der Waals surface area contributed by atoms with Crippen molar-refractivity contribution in [2.45, 2.75) is 6.42 Å². The lowest BCUT2D eigenvalue weighted by molar-refractivity contribution is 0.0696. The van der Waals surface area contributed by atoms with Crippen molar-refractivity contribution in [3.8, 4) is 11.5 Å². The summed E-state index contributed by atoms with van der Waals surface area (Å²) >= 11 is 0. The number of halogens is 1. The third-order valence-electron chi connectivity index (χ3n) is 2.74. The van der Waals surface area contributed by atoms with Crippen LogP contribution in [0.3, 0.4) is 0 Å². The highest BCUT2D eigenvalue weighted by Crippen LogP contribution is 2.18. The standard InChI is InChI=1S/C16H15FO4/c17-14-11-12(16(18)19)7-8-15(14)21-10-4-9-20-13-5-2-1-3-6-13/h1-3,5-8,11H,4,9-10H2,(H,18,19). The van der Waals surface area contributed by atoms with Crippen molar-refractivity contribution >= 4 is 5.97 Å². The van der Waals surface area contributed by atoms with Gasteiger partial charge in [-0.15, -0.1) is 0 Å². The van der Waals surface area contributed by atoms with E-state index in [1.165, 1.54) is 12.1 Å². The SMILES string of the molecule is O=C(O)c1ccc(OCCCOc2ccccc2)c(F)c1. The van der Waals surface area contributed by atoms with Crippen LogP contribution in [0.25, 0.3) is 0 Å². The van der Waals surface area contributed by atoms with Gasteiger partial charge >= 0.3 is 5.97 Å². The van der Waals surface area contributed by atoms with E-state index in [1.807, 2.05) is 30.3 Å². The minimum absolute atomic E-state index is 0.0414. The topological polar surface area (TPSA) is 55.8 Å². The van der Waals surface area contributed by atoms with Crippen molar-refractivity contribution in [1.82, 2.24) is 0 Å². The molecule has 0 saturated carbocycles. The van der Waals surface area contributed by atoms with Gasteiger partial charge in [0.1, 0.15) is 5.75 Å². The molecular weight excluding hydrogens is 275 g/mol. The average Bonchev–Trinajstić information content (AvgIpc) is 2.49. The lowest BCUT2D eigenvalue weighted by atomic mass is 10.2. The molecule has 0 aromatic heterocycles. The number of carboxylic acid groups (broad SMARTS) is 1. The van der Waals surface area contributed by atoms with Crippen molar-refractivity contribution in [2.75, 3.05) is 13.2 Å². The van der Waals surface area contributed by atoms with Crippen LogP contribution in [0.15, 0.2) is 48.5 Å². The van der Waals surface area contributed by atoms with E-state index < -0.39 is 11.8 Å². The number of carboxylic acids is 1. The monoisotopic (exact) mass is 290 g/mol. The van der Waals surface area contributed by atoms with Gasteiger partial charge in [-0.1, -0.05) is 18.2 Å². The number of rotatable bonds is 7. The molecule has 21 heavy (non-hydrogen) atoms. The van der Waals surface area contributed by atoms with Gasteiger partial charge in [0.25, 0.3) is 0 Å². The first kappa shape index (κ1) is 14.8. The number of carbonyl (C=O) groups is 1. The van der Waals surface area contributed by atoms with Crippen LogP contribution in [0.1, 0.15) is 16.8 Å². The Labute approximate surface area is 121 Å². The molecule has 2 aromatic rings. The van der Waals surface area contributed by atoms with E-state index in [1.54, 1.807) is 0 Å². The average molecular weight is 290 g/mol. The molecule has 0 fully saturated rings. The first-order valence-corrected chi connectivity index (χ1v) is 6.50. The fourth-order valence-electron chi connectivity index (χ4n) is 1.70. The van der Waals surface area contributed by atoms with Crippen molar-refractivity contribution in [3.63, 3.8) is 0 Å². The van der Waals surface area contributed by atoms with Crippen LogP contribution in [-0.4, -0.2) is 24.3 Å². The van der Waals surface area contributed by atoms with Crippen LogP contribution in [0.4, 0.5) is 4.39 Å². The van der Waals surface area contributed by atoms with Crippen LogP contribution in [0.5, 0.6) is 11.5 Å². The zero-order chi connectivity index (χ0) is 15.1. The third kappa shape index (κ3) is 4.49. The molecule has 2 aromatic carbocycles. The van der Waals surface area contributed by atoms with Gasteiger partial charge in [0, 0.05) is 6.42 Å². The number of hydrogen-bond donors (Lipinski definition) is 1. The molecule has 0 amide bonds. The van der Waals surface area contributed by atoms with Gasteiger partial charge in [-0.3, -0.25) is 0 Å². The summed E-state index contributed by atoms with van der Waals surface area (Å²) in [5.41, 5.74) is -0.104. The molecule has 1 N–H and O–H groups in total. The van der Waals surface area contributed by atoms with E-state index >= 15 is 0 Å². The molecule has 0 aliphatic rings. The summed E-state index contributed by atoms with van der Waals surface area (Å²) in [5, 5.41) is 8.73. The summed E-state index contributed by atoms with van der Waals surface area (Å²) in [6.45, 7) is 0.745. The number of benzene rings is 2. The van der Waals surface area contributed by atoms with E-state index in [4.69, 9.17) is 14.6 Å². The molecule has 0 saturated heterocycles. The Hall–Kier alpha value is -2.56. The van der Waals surface area contributed by atoms with Crippen LogP contribution >= 0.6 is 0 Å². The first-order valence-electron chi connectivity index (χ1n) is 6.50. The van der Waals surface area contributed by atoms with Crippen LogP contribution in [0.2, 0.25) is 0 Å². The van der Waals surface area contributed by atoms with Crippen LogP contribution in [0, 0.1) is 5.82 Å². The number of ether oxygens (including phenoxy) is 2. The predicted molar refractivity (Wildman–Crippen MR) is 75.4 cm³/mol. The van der Waals surface area contributed by atoms with Crippen molar-refractivity contribution in [1.29, 1.82) is 0 Å². The molecule has 0 radical (unpaired) electrons. The molecule has 0 aliphatic carbocycles. The van der Waals surface area contributed by atoms with E-state index in [9.17, 15) is 9.18 Å². The Morgan fingerprint density at radius 2 is 1.76 bits per heavy atom. The summed E-state index contributed by atoms with van der Waals surface area (Å²) < 4.78 is 24.3. The Bertz CT molecular complexity index is 598. The smallest absolute Gasteiger partial charge is 0.335 e. The number of para-hydroxylation sites is 1. The van der Waals surface area contributed by atoms with E-state index in [0.29, 0.717) is 13.0 Å². The van der Waals surface area contributed by atoms with Crippen molar-refractivity contribution < 1.29 is 23.8 Å². The van der Waals surface area contributed by atoms with Gasteiger partial charge in [0.2, 0.25) is 0 Å². The van der Waals surface area contributed by atoms with E-state index in [2.05, 4.69) is 0 Å². The fourth-order valence-corrected chi connectivity index (χ4v) is 1.70. The second kappa shape index (κ2) is 7.28. The highest BCUT2D eigenvalue weighted by Gasteiger charge is 2.08. The summed E-state index contributed by atoms with van der Waals surface area (Å²) in [5.74, 6) is -1.04. The number of hydrogen-bond acceptors (Lipinski definition) is 3. The summed E-state index contributed by atoms with van der Waals surface area (Å²) in [6.07, 6.45) is 0.592. The lowest BCUT2D eigenvalue weighted by Crippen LogP contribution is -2.06. The van der Waals surface area contributed by atoms with Gasteiger partial charge in [-0.05, 0) is 30.3 Å². The zero-order valence-corrected chi connectivity index (χ0v) is 11.3. The van der Waals surface area contributed by atoms with Crippen LogP contribution < -0.4 is 9.47 Å². The molecule has 0 bridgehead atoms. The van der Waals surface area contributed by atoms with Gasteiger partial charge < -0.3 is 14.6 Å². The first-order chi connectivity index (χ1) is 10.2. The highest BCUT2D eigenvalue weighted by molar-refractivity contribution is 5.87. The summed E-state index contributed by atoms with van der Waals surface area (Å²) in [6, 6.07) is 12.9. The normalized spacial score (nSPS) is 10.1. The lowest BCUT2D eigenvalue weighted by Gasteiger charge is -2.09. The van der Waals surface area contributed by atoms with Gasteiger partial charge in [-0.25, -0.2) is 9.18 Å². The minimum atomic E-state index is -1.17. The molecule has 0 unspecified atom stereocenters. The van der Waals surface area contributed by atoms with Crippen molar-refractivity contribution in [3.05, 3.63) is 59.9 Å². The fraction of sp³-hybridized carbons (Fsp3) is 0.188. The van der Waals surface area contributed by atoms with Gasteiger partial charge in [0.05, 0.1) is 18.8 Å². The highest BCUT2D eigenvalue weighted by atomic mass is 19.1. The molecule has 2 rings (SSSR count). The maximum atomic E-state index is 13.6. The molecule has 4 nitrogen and oxygen atoms in total. The Morgan fingerprint density at radius 1 is 1.05 bits per heavy atom.